The molecular formula is C16H26N2O2. The van der Waals surface area contributed by atoms with E-state index in [1.165, 1.54) is 26.4 Å². The Labute approximate surface area is 121 Å². The third kappa shape index (κ3) is 4.44. The highest BCUT2D eigenvalue weighted by molar-refractivity contribution is 5.98. The second kappa shape index (κ2) is 8.46. The Balaban J connectivity index is 2.70. The van der Waals surface area contributed by atoms with E-state index in [9.17, 15) is 4.79 Å². The molecule has 0 aliphatic heterocycles. The number of anilines is 2. The molecule has 0 saturated carbocycles. The van der Waals surface area contributed by atoms with Crippen LogP contribution in [0.3, 0.4) is 0 Å². The third-order valence-corrected chi connectivity index (χ3v) is 3.64. The van der Waals surface area contributed by atoms with Crippen LogP contribution >= 0.6 is 0 Å². The number of para-hydroxylation sites is 1. The summed E-state index contributed by atoms with van der Waals surface area (Å²) in [5.74, 6) is 0.236. The molecule has 4 nitrogen and oxygen atoms in total. The topological polar surface area (TPSA) is 64.3 Å². The SMILES string of the molecule is CCCCC(CC)CNc1cccc(C(=O)OC)c1N. The normalized spacial score (nSPS) is 11.9. The van der Waals surface area contributed by atoms with Crippen LogP contribution in [0.15, 0.2) is 18.2 Å². The van der Waals surface area contributed by atoms with Crippen molar-refractivity contribution >= 4 is 17.3 Å². The van der Waals surface area contributed by atoms with Crippen molar-refractivity contribution in [3.8, 4) is 0 Å². The number of carbonyl (C=O) groups excluding carboxylic acids is 1. The van der Waals surface area contributed by atoms with E-state index in [0.29, 0.717) is 17.2 Å². The lowest BCUT2D eigenvalue weighted by molar-refractivity contribution is 0.0602. The Morgan fingerprint density at radius 3 is 2.75 bits per heavy atom. The van der Waals surface area contributed by atoms with Gasteiger partial charge in [0.25, 0.3) is 0 Å². The van der Waals surface area contributed by atoms with E-state index in [0.717, 1.165) is 18.7 Å². The first-order valence-corrected chi connectivity index (χ1v) is 7.34. The summed E-state index contributed by atoms with van der Waals surface area (Å²) >= 11 is 0. The molecule has 1 aromatic carbocycles. The maximum Gasteiger partial charge on any atom is 0.340 e. The van der Waals surface area contributed by atoms with Crippen molar-refractivity contribution in [2.75, 3.05) is 24.7 Å². The molecule has 0 spiro atoms. The number of ether oxygens (including phenoxy) is 1. The first-order valence-electron chi connectivity index (χ1n) is 7.34. The first-order chi connectivity index (χ1) is 9.63. The van der Waals surface area contributed by atoms with E-state index in [-0.39, 0.29) is 0 Å². The van der Waals surface area contributed by atoms with Gasteiger partial charge in [0, 0.05) is 6.54 Å². The van der Waals surface area contributed by atoms with E-state index in [4.69, 9.17) is 10.5 Å². The van der Waals surface area contributed by atoms with Gasteiger partial charge in [0.15, 0.2) is 0 Å². The van der Waals surface area contributed by atoms with Crippen LogP contribution < -0.4 is 11.1 Å². The number of methoxy groups -OCH3 is 1. The fourth-order valence-electron chi connectivity index (χ4n) is 2.20. The molecule has 0 bridgehead atoms. The highest BCUT2D eigenvalue weighted by Crippen LogP contribution is 2.24. The van der Waals surface area contributed by atoms with Gasteiger partial charge in [0.2, 0.25) is 0 Å². The van der Waals surface area contributed by atoms with Crippen molar-refractivity contribution < 1.29 is 9.53 Å². The predicted molar refractivity (Wildman–Crippen MR) is 84.0 cm³/mol. The average molecular weight is 278 g/mol. The molecule has 0 fully saturated rings. The molecule has 0 saturated heterocycles. The van der Waals surface area contributed by atoms with E-state index in [2.05, 4.69) is 19.2 Å². The Bertz CT molecular complexity index is 432. The van der Waals surface area contributed by atoms with Gasteiger partial charge in [0.1, 0.15) is 0 Å². The monoisotopic (exact) mass is 278 g/mol. The van der Waals surface area contributed by atoms with Gasteiger partial charge < -0.3 is 15.8 Å². The summed E-state index contributed by atoms with van der Waals surface area (Å²) in [7, 11) is 1.36. The zero-order valence-corrected chi connectivity index (χ0v) is 12.7. The summed E-state index contributed by atoms with van der Waals surface area (Å²) < 4.78 is 4.73. The van der Waals surface area contributed by atoms with Gasteiger partial charge in [-0.2, -0.15) is 0 Å². The van der Waals surface area contributed by atoms with Gasteiger partial charge in [-0.05, 0) is 24.5 Å². The zero-order chi connectivity index (χ0) is 15.0. The predicted octanol–water partition coefficient (Wildman–Crippen LogP) is 3.68. The number of esters is 1. The molecule has 112 valence electrons. The molecule has 0 aliphatic rings. The number of benzene rings is 1. The van der Waals surface area contributed by atoms with Crippen molar-refractivity contribution in [1.82, 2.24) is 0 Å². The second-order valence-corrected chi connectivity index (χ2v) is 5.06. The van der Waals surface area contributed by atoms with Gasteiger partial charge in [0.05, 0.1) is 24.0 Å². The molecule has 1 rings (SSSR count). The minimum Gasteiger partial charge on any atom is -0.465 e. The number of hydrogen-bond donors (Lipinski definition) is 2. The van der Waals surface area contributed by atoms with Gasteiger partial charge in [-0.25, -0.2) is 4.79 Å². The van der Waals surface area contributed by atoms with E-state index >= 15 is 0 Å². The number of rotatable bonds is 8. The maximum absolute atomic E-state index is 11.6. The van der Waals surface area contributed by atoms with Crippen LogP contribution in [0.4, 0.5) is 11.4 Å². The third-order valence-electron chi connectivity index (χ3n) is 3.64. The van der Waals surface area contributed by atoms with Crippen molar-refractivity contribution in [2.45, 2.75) is 39.5 Å². The number of unbranched alkanes of at least 4 members (excludes halogenated alkanes) is 1. The lowest BCUT2D eigenvalue weighted by atomic mass is 9.99. The summed E-state index contributed by atoms with van der Waals surface area (Å²) in [6.45, 7) is 5.29. The number of nitrogen functional groups attached to an aromatic ring is 1. The quantitative estimate of drug-likeness (QED) is 0.562. The number of carbonyl (C=O) groups is 1. The smallest absolute Gasteiger partial charge is 0.340 e. The van der Waals surface area contributed by atoms with E-state index in [1.54, 1.807) is 6.07 Å². The molecule has 0 aromatic heterocycles. The fourth-order valence-corrected chi connectivity index (χ4v) is 2.20. The molecule has 1 aromatic rings. The summed E-state index contributed by atoms with van der Waals surface area (Å²) in [5.41, 5.74) is 7.71. The van der Waals surface area contributed by atoms with Crippen molar-refractivity contribution in [1.29, 1.82) is 0 Å². The van der Waals surface area contributed by atoms with E-state index in [1.807, 2.05) is 12.1 Å². The van der Waals surface area contributed by atoms with Crippen LogP contribution in [0.2, 0.25) is 0 Å². The molecule has 4 heteroatoms. The molecule has 0 aliphatic carbocycles. The van der Waals surface area contributed by atoms with Crippen LogP contribution in [0.25, 0.3) is 0 Å². The standard InChI is InChI=1S/C16H26N2O2/c1-4-6-8-12(5-2)11-18-14-10-7-9-13(15(14)17)16(19)20-3/h7,9-10,12,18H,4-6,8,11,17H2,1-3H3. The molecule has 1 atom stereocenters. The number of nitrogens with one attached hydrogen (secondary N) is 1. The fraction of sp³-hybridized carbons (Fsp3) is 0.562. The molecule has 0 amide bonds. The van der Waals surface area contributed by atoms with Gasteiger partial charge in [-0.1, -0.05) is 39.2 Å². The van der Waals surface area contributed by atoms with Crippen molar-refractivity contribution in [3.05, 3.63) is 23.8 Å². The van der Waals surface area contributed by atoms with Crippen molar-refractivity contribution in [2.24, 2.45) is 5.92 Å². The van der Waals surface area contributed by atoms with Crippen LogP contribution in [0.5, 0.6) is 0 Å². The Morgan fingerprint density at radius 2 is 2.15 bits per heavy atom. The van der Waals surface area contributed by atoms with Gasteiger partial charge in [-0.15, -0.1) is 0 Å². The van der Waals surface area contributed by atoms with Gasteiger partial charge >= 0.3 is 5.97 Å². The summed E-state index contributed by atoms with van der Waals surface area (Å²) in [5, 5.41) is 3.36. The summed E-state index contributed by atoms with van der Waals surface area (Å²) in [6, 6.07) is 5.40. The largest absolute Gasteiger partial charge is 0.465 e. The van der Waals surface area contributed by atoms with Crippen LogP contribution in [0.1, 0.15) is 49.9 Å². The Morgan fingerprint density at radius 1 is 1.40 bits per heavy atom. The molecule has 0 heterocycles. The zero-order valence-electron chi connectivity index (χ0n) is 12.7. The molecular weight excluding hydrogens is 252 g/mol. The lowest BCUT2D eigenvalue weighted by Crippen LogP contribution is -2.16. The highest BCUT2D eigenvalue weighted by Gasteiger charge is 2.13. The summed E-state index contributed by atoms with van der Waals surface area (Å²) in [6.07, 6.45) is 4.83. The minimum atomic E-state index is -0.399. The van der Waals surface area contributed by atoms with Crippen LogP contribution in [-0.2, 0) is 4.74 Å². The van der Waals surface area contributed by atoms with E-state index < -0.39 is 5.97 Å². The first kappa shape index (κ1) is 16.3. The Hall–Kier alpha value is -1.71. The molecule has 3 N–H and O–H groups in total. The van der Waals surface area contributed by atoms with Crippen molar-refractivity contribution in [3.63, 3.8) is 0 Å². The average Bonchev–Trinajstić information content (AvgIpc) is 2.48. The number of hydrogen-bond acceptors (Lipinski definition) is 4. The number of nitrogens with two attached hydrogens (primary N) is 1. The van der Waals surface area contributed by atoms with Crippen LogP contribution in [-0.4, -0.2) is 19.6 Å². The molecule has 1 unspecified atom stereocenters. The molecule has 20 heavy (non-hydrogen) atoms. The maximum atomic E-state index is 11.6. The van der Waals surface area contributed by atoms with Gasteiger partial charge in [-0.3, -0.25) is 0 Å². The second-order valence-electron chi connectivity index (χ2n) is 5.06. The molecule has 0 radical (unpaired) electrons. The lowest BCUT2D eigenvalue weighted by Gasteiger charge is -2.18. The highest BCUT2D eigenvalue weighted by atomic mass is 16.5. The van der Waals surface area contributed by atoms with Crippen LogP contribution in [0, 0.1) is 5.92 Å². The minimum absolute atomic E-state index is 0.399. The summed E-state index contributed by atoms with van der Waals surface area (Å²) in [4.78, 5) is 11.6. The Kier molecular flexibility index (Phi) is 6.91.